The second kappa shape index (κ2) is 8.77. The number of anilines is 1. The molecule has 0 saturated carbocycles. The van der Waals surface area contributed by atoms with E-state index in [4.69, 9.17) is 32.7 Å². The van der Waals surface area contributed by atoms with Crippen LogP contribution in [-0.4, -0.2) is 19.1 Å². The number of nitrogens with one attached hydrogen (secondary N) is 1. The van der Waals surface area contributed by atoms with Crippen LogP contribution in [0.4, 0.5) is 5.69 Å². The molecule has 0 atom stereocenters. The summed E-state index contributed by atoms with van der Waals surface area (Å²) in [4.78, 5) is 12.0. The molecule has 2 rings (SSSR count). The number of rotatable bonds is 7. The highest BCUT2D eigenvalue weighted by Gasteiger charge is 2.09. The van der Waals surface area contributed by atoms with Crippen LogP contribution in [0, 0.1) is 0 Å². The van der Waals surface area contributed by atoms with Gasteiger partial charge in [0.1, 0.15) is 5.75 Å². The summed E-state index contributed by atoms with van der Waals surface area (Å²) in [7, 11) is 0. The molecular weight excluding hydrogens is 337 g/mol. The molecule has 2 aromatic rings. The third-order valence-corrected chi connectivity index (χ3v) is 3.54. The molecule has 0 saturated heterocycles. The number of amides is 1. The van der Waals surface area contributed by atoms with Gasteiger partial charge in [0.25, 0.3) is 5.91 Å². The van der Waals surface area contributed by atoms with Gasteiger partial charge in [-0.3, -0.25) is 4.79 Å². The van der Waals surface area contributed by atoms with Gasteiger partial charge in [-0.1, -0.05) is 41.4 Å². The normalized spacial score (nSPS) is 10.4. The summed E-state index contributed by atoms with van der Waals surface area (Å²) < 4.78 is 10.8. The Morgan fingerprint density at radius 3 is 2.70 bits per heavy atom. The van der Waals surface area contributed by atoms with Crippen LogP contribution in [0.1, 0.15) is 12.5 Å². The van der Waals surface area contributed by atoms with E-state index in [2.05, 4.69) is 5.32 Å². The zero-order chi connectivity index (χ0) is 16.7. The Morgan fingerprint density at radius 2 is 1.96 bits per heavy atom. The van der Waals surface area contributed by atoms with Gasteiger partial charge in [0.15, 0.2) is 6.61 Å². The van der Waals surface area contributed by atoms with Crippen molar-refractivity contribution < 1.29 is 14.3 Å². The number of carbonyl (C=O) groups excluding carboxylic acids is 1. The summed E-state index contributed by atoms with van der Waals surface area (Å²) in [5.41, 5.74) is 1.61. The molecule has 4 nitrogen and oxygen atoms in total. The first-order valence-electron chi connectivity index (χ1n) is 7.13. The van der Waals surface area contributed by atoms with Crippen LogP contribution in [0.3, 0.4) is 0 Å². The van der Waals surface area contributed by atoms with Crippen LogP contribution >= 0.6 is 23.2 Å². The maximum atomic E-state index is 12.0. The maximum Gasteiger partial charge on any atom is 0.262 e. The number of halogens is 2. The molecule has 0 radical (unpaired) electrons. The molecule has 0 heterocycles. The monoisotopic (exact) mass is 353 g/mol. The zero-order valence-corrected chi connectivity index (χ0v) is 14.2. The van der Waals surface area contributed by atoms with E-state index in [1.807, 2.05) is 31.2 Å². The first kappa shape index (κ1) is 17.6. The van der Waals surface area contributed by atoms with E-state index in [0.717, 1.165) is 5.56 Å². The molecule has 2 aromatic carbocycles. The molecule has 0 aliphatic heterocycles. The quantitative estimate of drug-likeness (QED) is 0.794. The molecule has 122 valence electrons. The summed E-state index contributed by atoms with van der Waals surface area (Å²) in [6, 6.07) is 12.3. The van der Waals surface area contributed by atoms with Gasteiger partial charge < -0.3 is 14.8 Å². The minimum atomic E-state index is -0.278. The number of hydrogen-bond donors (Lipinski definition) is 1. The van der Waals surface area contributed by atoms with Crippen LogP contribution in [0.25, 0.3) is 0 Å². The molecule has 6 heteroatoms. The number of carbonyl (C=O) groups is 1. The molecule has 23 heavy (non-hydrogen) atoms. The summed E-state index contributed by atoms with van der Waals surface area (Å²) in [6.45, 7) is 2.83. The Labute approximate surface area is 145 Å². The third-order valence-electron chi connectivity index (χ3n) is 3.01. The lowest BCUT2D eigenvalue weighted by atomic mass is 10.2. The molecule has 0 aromatic heterocycles. The molecule has 1 amide bonds. The number of para-hydroxylation sites is 1. The largest absolute Gasteiger partial charge is 0.482 e. The summed E-state index contributed by atoms with van der Waals surface area (Å²) in [5.74, 6) is 0.133. The highest BCUT2D eigenvalue weighted by Crippen LogP contribution is 2.27. The highest BCUT2D eigenvalue weighted by atomic mass is 35.5. The van der Waals surface area contributed by atoms with E-state index in [0.29, 0.717) is 34.7 Å². The second-order valence-electron chi connectivity index (χ2n) is 4.71. The van der Waals surface area contributed by atoms with Gasteiger partial charge in [0, 0.05) is 22.9 Å². The molecule has 0 spiro atoms. The van der Waals surface area contributed by atoms with E-state index in [1.165, 1.54) is 0 Å². The Balaban J connectivity index is 1.94. The summed E-state index contributed by atoms with van der Waals surface area (Å²) in [5, 5.41) is 3.68. The molecule has 0 aliphatic rings. The van der Waals surface area contributed by atoms with E-state index in [-0.39, 0.29) is 12.5 Å². The number of hydrogen-bond acceptors (Lipinski definition) is 3. The fraction of sp³-hybridized carbons (Fsp3) is 0.235. The van der Waals surface area contributed by atoms with Gasteiger partial charge in [-0.25, -0.2) is 0 Å². The lowest BCUT2D eigenvalue weighted by Gasteiger charge is -2.12. The minimum absolute atomic E-state index is 0.148. The highest BCUT2D eigenvalue weighted by molar-refractivity contribution is 6.35. The van der Waals surface area contributed by atoms with Crippen molar-refractivity contribution in [3.8, 4) is 5.75 Å². The second-order valence-corrected chi connectivity index (χ2v) is 5.55. The van der Waals surface area contributed by atoms with Crippen molar-refractivity contribution in [2.45, 2.75) is 13.5 Å². The van der Waals surface area contributed by atoms with Gasteiger partial charge in [-0.2, -0.15) is 0 Å². The molecule has 0 bridgehead atoms. The van der Waals surface area contributed by atoms with Crippen LogP contribution in [-0.2, 0) is 16.1 Å². The standard InChI is InChI=1S/C17H17Cl2NO3/c1-2-22-10-12-5-3-4-6-15(12)20-17(21)11-23-16-8-7-13(18)9-14(16)19/h3-9H,2,10-11H2,1H3,(H,20,21). The van der Waals surface area contributed by atoms with Crippen molar-refractivity contribution in [1.29, 1.82) is 0 Å². The van der Waals surface area contributed by atoms with Gasteiger partial charge >= 0.3 is 0 Å². The van der Waals surface area contributed by atoms with Crippen LogP contribution < -0.4 is 10.1 Å². The zero-order valence-electron chi connectivity index (χ0n) is 12.6. The number of benzene rings is 2. The number of ether oxygens (including phenoxy) is 2. The van der Waals surface area contributed by atoms with Crippen LogP contribution in [0.15, 0.2) is 42.5 Å². The van der Waals surface area contributed by atoms with Crippen molar-refractivity contribution >= 4 is 34.8 Å². The Bertz CT molecular complexity index is 677. The molecule has 0 aliphatic carbocycles. The third kappa shape index (κ3) is 5.43. The van der Waals surface area contributed by atoms with E-state index in [9.17, 15) is 4.79 Å². The predicted molar refractivity (Wildman–Crippen MR) is 92.4 cm³/mol. The smallest absolute Gasteiger partial charge is 0.262 e. The Hall–Kier alpha value is -1.75. The van der Waals surface area contributed by atoms with Crippen molar-refractivity contribution in [2.75, 3.05) is 18.5 Å². The fourth-order valence-corrected chi connectivity index (χ4v) is 2.37. The average Bonchev–Trinajstić information content (AvgIpc) is 2.53. The van der Waals surface area contributed by atoms with Gasteiger partial charge in [0.2, 0.25) is 0 Å². The molecule has 0 unspecified atom stereocenters. The molecule has 0 fully saturated rings. The SMILES string of the molecule is CCOCc1ccccc1NC(=O)COc1ccc(Cl)cc1Cl. The fourth-order valence-electron chi connectivity index (χ4n) is 1.90. The van der Waals surface area contributed by atoms with Crippen molar-refractivity contribution in [2.24, 2.45) is 0 Å². The minimum Gasteiger partial charge on any atom is -0.482 e. The van der Waals surface area contributed by atoms with E-state index >= 15 is 0 Å². The van der Waals surface area contributed by atoms with Gasteiger partial charge in [-0.05, 0) is 31.2 Å². The van der Waals surface area contributed by atoms with Crippen LogP contribution in [0.5, 0.6) is 5.75 Å². The lowest BCUT2D eigenvalue weighted by Crippen LogP contribution is -2.21. The summed E-state index contributed by atoms with van der Waals surface area (Å²) in [6.07, 6.45) is 0. The van der Waals surface area contributed by atoms with Crippen molar-refractivity contribution in [3.05, 3.63) is 58.1 Å². The summed E-state index contributed by atoms with van der Waals surface area (Å²) >= 11 is 11.8. The Kier molecular flexibility index (Phi) is 6.71. The maximum absolute atomic E-state index is 12.0. The predicted octanol–water partition coefficient (Wildman–Crippen LogP) is 4.55. The van der Waals surface area contributed by atoms with E-state index in [1.54, 1.807) is 18.2 Å². The lowest BCUT2D eigenvalue weighted by molar-refractivity contribution is -0.118. The molecular formula is C17H17Cl2NO3. The average molecular weight is 354 g/mol. The first-order valence-corrected chi connectivity index (χ1v) is 7.89. The Morgan fingerprint density at radius 1 is 1.17 bits per heavy atom. The van der Waals surface area contributed by atoms with Crippen molar-refractivity contribution in [3.63, 3.8) is 0 Å². The van der Waals surface area contributed by atoms with Gasteiger partial charge in [-0.15, -0.1) is 0 Å². The topological polar surface area (TPSA) is 47.6 Å². The first-order chi connectivity index (χ1) is 11.1. The van der Waals surface area contributed by atoms with Crippen molar-refractivity contribution in [1.82, 2.24) is 0 Å². The van der Waals surface area contributed by atoms with Gasteiger partial charge in [0.05, 0.1) is 11.6 Å². The van der Waals surface area contributed by atoms with Crippen LogP contribution in [0.2, 0.25) is 10.0 Å². The van der Waals surface area contributed by atoms with E-state index < -0.39 is 0 Å². The molecule has 1 N–H and O–H groups in total.